The summed E-state index contributed by atoms with van der Waals surface area (Å²) < 4.78 is 5.50. The fourth-order valence-electron chi connectivity index (χ4n) is 2.69. The molecule has 1 aliphatic rings. The lowest BCUT2D eigenvalue weighted by Crippen LogP contribution is -2.53. The van der Waals surface area contributed by atoms with Crippen LogP contribution in [0.4, 0.5) is 0 Å². The number of furan rings is 1. The highest BCUT2D eigenvalue weighted by atomic mass is 16.3. The number of aliphatic hydroxyl groups excluding tert-OH is 1. The van der Waals surface area contributed by atoms with Gasteiger partial charge in [-0.1, -0.05) is 30.3 Å². The molecular formula is C17H19NO3. The van der Waals surface area contributed by atoms with Crippen LogP contribution in [0.3, 0.4) is 0 Å². The summed E-state index contributed by atoms with van der Waals surface area (Å²) in [5, 5.41) is 9.31. The minimum atomic E-state index is -0.356. The molecule has 1 aromatic heterocycles. The standard InChI is InChI=1S/C17H19NO3/c19-15-11-18(12-15)17(20)10-14(16-7-4-8-21-16)9-13-5-2-1-3-6-13/h1-8,14-15,19H,9-12H2. The molecule has 2 aromatic rings. The molecule has 1 aliphatic heterocycles. The lowest BCUT2D eigenvalue weighted by molar-refractivity contribution is -0.141. The first-order chi connectivity index (χ1) is 10.2. The van der Waals surface area contributed by atoms with Gasteiger partial charge in [-0.15, -0.1) is 0 Å². The van der Waals surface area contributed by atoms with Crippen molar-refractivity contribution in [3.8, 4) is 0 Å². The second kappa shape index (κ2) is 6.14. The summed E-state index contributed by atoms with van der Waals surface area (Å²) in [5.74, 6) is 0.957. The number of carbonyl (C=O) groups excluding carboxylic acids is 1. The summed E-state index contributed by atoms with van der Waals surface area (Å²) in [6.45, 7) is 0.907. The van der Waals surface area contributed by atoms with Gasteiger partial charge in [-0.25, -0.2) is 0 Å². The van der Waals surface area contributed by atoms with Crippen molar-refractivity contribution in [2.75, 3.05) is 13.1 Å². The van der Waals surface area contributed by atoms with Gasteiger partial charge in [-0.3, -0.25) is 4.79 Å². The summed E-state index contributed by atoms with van der Waals surface area (Å²) >= 11 is 0. The van der Waals surface area contributed by atoms with Crippen molar-refractivity contribution in [2.24, 2.45) is 0 Å². The number of benzene rings is 1. The minimum Gasteiger partial charge on any atom is -0.469 e. The molecule has 110 valence electrons. The monoisotopic (exact) mass is 285 g/mol. The van der Waals surface area contributed by atoms with Crippen molar-refractivity contribution in [1.29, 1.82) is 0 Å². The van der Waals surface area contributed by atoms with Gasteiger partial charge >= 0.3 is 0 Å². The van der Waals surface area contributed by atoms with Gasteiger partial charge in [0.1, 0.15) is 5.76 Å². The van der Waals surface area contributed by atoms with Crippen LogP contribution in [0.5, 0.6) is 0 Å². The number of β-amino-alcohol motifs (C(OH)–C–C–N with tert-alkyl or cyclic N) is 1. The molecule has 0 radical (unpaired) electrons. The van der Waals surface area contributed by atoms with Crippen LogP contribution in [-0.4, -0.2) is 35.1 Å². The molecule has 1 amide bonds. The maximum atomic E-state index is 12.2. The summed E-state index contributed by atoms with van der Waals surface area (Å²) in [6, 6.07) is 13.9. The van der Waals surface area contributed by atoms with Crippen LogP contribution in [0, 0.1) is 0 Å². The number of hydrogen-bond donors (Lipinski definition) is 1. The molecule has 3 rings (SSSR count). The van der Waals surface area contributed by atoms with Crippen LogP contribution in [0.15, 0.2) is 53.1 Å². The molecule has 1 saturated heterocycles. The first-order valence-electron chi connectivity index (χ1n) is 7.25. The second-order valence-electron chi connectivity index (χ2n) is 5.56. The Morgan fingerprint density at radius 3 is 2.62 bits per heavy atom. The van der Waals surface area contributed by atoms with Crippen LogP contribution in [-0.2, 0) is 11.2 Å². The Morgan fingerprint density at radius 1 is 1.24 bits per heavy atom. The Labute approximate surface area is 124 Å². The van der Waals surface area contributed by atoms with Crippen molar-refractivity contribution in [1.82, 2.24) is 4.90 Å². The number of carbonyl (C=O) groups is 1. The molecule has 0 saturated carbocycles. The van der Waals surface area contributed by atoms with E-state index in [1.807, 2.05) is 30.3 Å². The zero-order valence-corrected chi connectivity index (χ0v) is 11.8. The van der Waals surface area contributed by atoms with E-state index in [4.69, 9.17) is 4.42 Å². The van der Waals surface area contributed by atoms with Crippen LogP contribution >= 0.6 is 0 Å². The first-order valence-corrected chi connectivity index (χ1v) is 7.25. The molecule has 4 heteroatoms. The minimum absolute atomic E-state index is 0.0349. The third-order valence-corrected chi connectivity index (χ3v) is 3.91. The summed E-state index contributed by atoms with van der Waals surface area (Å²) in [6.07, 6.45) is 2.47. The largest absolute Gasteiger partial charge is 0.469 e. The zero-order valence-electron chi connectivity index (χ0n) is 11.8. The third kappa shape index (κ3) is 3.34. The van der Waals surface area contributed by atoms with Crippen LogP contribution in [0.1, 0.15) is 23.7 Å². The zero-order chi connectivity index (χ0) is 14.7. The maximum Gasteiger partial charge on any atom is 0.223 e. The van der Waals surface area contributed by atoms with Gasteiger partial charge in [0, 0.05) is 25.4 Å². The van der Waals surface area contributed by atoms with Crippen molar-refractivity contribution >= 4 is 5.91 Å². The van der Waals surface area contributed by atoms with Gasteiger partial charge in [0.25, 0.3) is 0 Å². The van der Waals surface area contributed by atoms with Crippen LogP contribution in [0.2, 0.25) is 0 Å². The molecular weight excluding hydrogens is 266 g/mol. The number of nitrogens with zero attached hydrogens (tertiary/aromatic N) is 1. The number of rotatable bonds is 5. The summed E-state index contributed by atoms with van der Waals surface area (Å²) in [4.78, 5) is 13.9. The Balaban J connectivity index is 1.69. The molecule has 4 nitrogen and oxygen atoms in total. The normalized spacial score (nSPS) is 16.5. The third-order valence-electron chi connectivity index (χ3n) is 3.91. The number of amides is 1. The number of hydrogen-bond acceptors (Lipinski definition) is 3. The molecule has 2 heterocycles. The predicted octanol–water partition coefficient (Wildman–Crippen LogP) is 2.20. The van der Waals surface area contributed by atoms with Gasteiger partial charge in [0.15, 0.2) is 0 Å². The quantitative estimate of drug-likeness (QED) is 0.916. The van der Waals surface area contributed by atoms with E-state index >= 15 is 0 Å². The molecule has 21 heavy (non-hydrogen) atoms. The molecule has 1 fully saturated rings. The van der Waals surface area contributed by atoms with Crippen molar-refractivity contribution in [3.05, 3.63) is 60.1 Å². The first kappa shape index (κ1) is 13.9. The molecule has 0 spiro atoms. The van der Waals surface area contributed by atoms with Crippen molar-refractivity contribution < 1.29 is 14.3 Å². The van der Waals surface area contributed by atoms with Crippen LogP contribution < -0.4 is 0 Å². The van der Waals surface area contributed by atoms with Crippen molar-refractivity contribution in [3.63, 3.8) is 0 Å². The smallest absolute Gasteiger partial charge is 0.223 e. The van der Waals surface area contributed by atoms with E-state index in [9.17, 15) is 9.90 Å². The predicted molar refractivity (Wildman–Crippen MR) is 78.8 cm³/mol. The van der Waals surface area contributed by atoms with E-state index in [0.717, 1.165) is 12.2 Å². The van der Waals surface area contributed by atoms with Crippen molar-refractivity contribution in [2.45, 2.75) is 24.9 Å². The molecule has 1 atom stereocenters. The number of aliphatic hydroxyl groups is 1. The molecule has 1 N–H and O–H groups in total. The highest BCUT2D eigenvalue weighted by Crippen LogP contribution is 2.26. The molecule has 1 aromatic carbocycles. The topological polar surface area (TPSA) is 53.7 Å². The molecule has 1 unspecified atom stereocenters. The van der Waals surface area contributed by atoms with E-state index in [0.29, 0.717) is 19.5 Å². The van der Waals surface area contributed by atoms with E-state index in [-0.39, 0.29) is 17.9 Å². The fourth-order valence-corrected chi connectivity index (χ4v) is 2.69. The van der Waals surface area contributed by atoms with Gasteiger partial charge < -0.3 is 14.4 Å². The number of likely N-dealkylation sites (tertiary alicyclic amines) is 1. The summed E-state index contributed by atoms with van der Waals surface area (Å²) in [7, 11) is 0. The summed E-state index contributed by atoms with van der Waals surface area (Å²) in [5.41, 5.74) is 1.19. The lowest BCUT2D eigenvalue weighted by Gasteiger charge is -2.36. The highest BCUT2D eigenvalue weighted by molar-refractivity contribution is 5.78. The molecule has 0 bridgehead atoms. The van der Waals surface area contributed by atoms with Gasteiger partial charge in [-0.2, -0.15) is 0 Å². The SMILES string of the molecule is O=C(CC(Cc1ccccc1)c1ccco1)N1CC(O)C1. The lowest BCUT2D eigenvalue weighted by atomic mass is 9.92. The van der Waals surface area contributed by atoms with Gasteiger partial charge in [0.05, 0.1) is 12.4 Å². The maximum absolute atomic E-state index is 12.2. The Morgan fingerprint density at radius 2 is 2.00 bits per heavy atom. The van der Waals surface area contributed by atoms with Gasteiger partial charge in [-0.05, 0) is 24.1 Å². The van der Waals surface area contributed by atoms with E-state index in [1.54, 1.807) is 11.2 Å². The average Bonchev–Trinajstić information content (AvgIpc) is 2.98. The Bertz CT molecular complexity index is 573. The van der Waals surface area contributed by atoms with E-state index in [1.165, 1.54) is 5.56 Å². The van der Waals surface area contributed by atoms with Crippen LogP contribution in [0.25, 0.3) is 0 Å². The Kier molecular flexibility index (Phi) is 4.06. The van der Waals surface area contributed by atoms with E-state index < -0.39 is 0 Å². The Hall–Kier alpha value is -2.07. The fraction of sp³-hybridized carbons (Fsp3) is 0.353. The molecule has 0 aliphatic carbocycles. The average molecular weight is 285 g/mol. The second-order valence-corrected chi connectivity index (χ2v) is 5.56. The highest BCUT2D eigenvalue weighted by Gasteiger charge is 2.31. The van der Waals surface area contributed by atoms with Gasteiger partial charge in [0.2, 0.25) is 5.91 Å². The van der Waals surface area contributed by atoms with E-state index in [2.05, 4.69) is 12.1 Å².